The Morgan fingerprint density at radius 2 is 2.19 bits per heavy atom. The molecule has 0 aliphatic rings. The van der Waals surface area contributed by atoms with E-state index in [1.165, 1.54) is 19.2 Å². The monoisotopic (exact) mass is 292 g/mol. The molecule has 0 fully saturated rings. The molecule has 2 aromatic rings. The molecule has 0 aliphatic carbocycles. The molecule has 2 rings (SSSR count). The zero-order chi connectivity index (χ0) is 15.4. The van der Waals surface area contributed by atoms with Crippen LogP contribution in [-0.2, 0) is 0 Å². The molecular weight excluding hydrogens is 279 g/mol. The number of hydrogen-bond donors (Lipinski definition) is 1. The minimum atomic E-state index is -0.654. The van der Waals surface area contributed by atoms with Crippen LogP contribution in [0.15, 0.2) is 24.5 Å². The number of ether oxygens (including phenoxy) is 1. The van der Waals surface area contributed by atoms with Crippen molar-refractivity contribution in [2.75, 3.05) is 19.0 Å². The van der Waals surface area contributed by atoms with Crippen molar-refractivity contribution in [2.45, 2.75) is 6.92 Å². The van der Waals surface area contributed by atoms with Crippen LogP contribution in [0.5, 0.6) is 5.75 Å². The van der Waals surface area contributed by atoms with Gasteiger partial charge in [0.15, 0.2) is 5.69 Å². The van der Waals surface area contributed by atoms with Crippen LogP contribution in [0.25, 0.3) is 11.3 Å². The summed E-state index contributed by atoms with van der Waals surface area (Å²) in [5.41, 5.74) is -0.418. The first kappa shape index (κ1) is 14.6. The van der Waals surface area contributed by atoms with Gasteiger partial charge in [0.1, 0.15) is 17.9 Å². The van der Waals surface area contributed by atoms with Gasteiger partial charge in [0.05, 0.1) is 12.0 Å². The summed E-state index contributed by atoms with van der Waals surface area (Å²) in [5, 5.41) is 14.0. The Balaban J connectivity index is 2.63. The van der Waals surface area contributed by atoms with E-state index in [0.29, 0.717) is 12.3 Å². The Kier molecular flexibility index (Phi) is 4.27. The van der Waals surface area contributed by atoms with E-state index in [9.17, 15) is 14.5 Å². The van der Waals surface area contributed by atoms with Crippen molar-refractivity contribution in [3.8, 4) is 17.0 Å². The fraction of sp³-hybridized carbons (Fsp3) is 0.231. The van der Waals surface area contributed by atoms with E-state index in [-0.39, 0.29) is 22.8 Å². The molecule has 0 amide bonds. The molecule has 1 aromatic heterocycles. The molecule has 21 heavy (non-hydrogen) atoms. The Morgan fingerprint density at radius 3 is 2.76 bits per heavy atom. The van der Waals surface area contributed by atoms with Gasteiger partial charge in [0.25, 0.3) is 0 Å². The molecule has 0 bridgehead atoms. The zero-order valence-electron chi connectivity index (χ0n) is 11.5. The van der Waals surface area contributed by atoms with Crippen molar-refractivity contribution >= 4 is 11.5 Å². The highest BCUT2D eigenvalue weighted by Gasteiger charge is 2.25. The van der Waals surface area contributed by atoms with Crippen LogP contribution in [0.2, 0.25) is 0 Å². The van der Waals surface area contributed by atoms with E-state index in [2.05, 4.69) is 15.3 Å². The highest BCUT2D eigenvalue weighted by atomic mass is 19.1. The van der Waals surface area contributed by atoms with Crippen molar-refractivity contribution < 1.29 is 14.1 Å². The van der Waals surface area contributed by atoms with Gasteiger partial charge in [-0.15, -0.1) is 0 Å². The number of nitro groups is 1. The number of anilines is 1. The molecule has 0 unspecified atom stereocenters. The van der Waals surface area contributed by atoms with Gasteiger partial charge in [0.2, 0.25) is 5.82 Å². The average Bonchev–Trinajstić information content (AvgIpc) is 2.47. The van der Waals surface area contributed by atoms with Gasteiger partial charge in [-0.05, 0) is 19.1 Å². The molecule has 0 spiro atoms. The van der Waals surface area contributed by atoms with Crippen molar-refractivity contribution in [1.29, 1.82) is 0 Å². The van der Waals surface area contributed by atoms with Gasteiger partial charge in [-0.3, -0.25) is 10.1 Å². The summed E-state index contributed by atoms with van der Waals surface area (Å²) in [6.07, 6.45) is 1.16. The highest BCUT2D eigenvalue weighted by Crippen LogP contribution is 2.35. The van der Waals surface area contributed by atoms with Crippen molar-refractivity contribution in [3.05, 3.63) is 40.5 Å². The quantitative estimate of drug-likeness (QED) is 0.673. The molecule has 8 heteroatoms. The van der Waals surface area contributed by atoms with Gasteiger partial charge in [-0.2, -0.15) is 0 Å². The van der Waals surface area contributed by atoms with Crippen molar-refractivity contribution in [1.82, 2.24) is 9.97 Å². The van der Waals surface area contributed by atoms with E-state index in [1.807, 2.05) is 0 Å². The second-order valence-electron chi connectivity index (χ2n) is 4.05. The van der Waals surface area contributed by atoms with E-state index in [4.69, 9.17) is 4.74 Å². The molecule has 0 saturated carbocycles. The van der Waals surface area contributed by atoms with E-state index in [0.717, 1.165) is 12.4 Å². The third-order valence-corrected chi connectivity index (χ3v) is 2.78. The molecular formula is C13H13FN4O3. The summed E-state index contributed by atoms with van der Waals surface area (Å²) in [5.74, 6) is -0.277. The maximum atomic E-state index is 14.1. The second-order valence-corrected chi connectivity index (χ2v) is 4.05. The molecule has 0 atom stereocenters. The number of benzene rings is 1. The van der Waals surface area contributed by atoms with Gasteiger partial charge in [-0.1, -0.05) is 0 Å². The Morgan fingerprint density at radius 1 is 1.43 bits per heavy atom. The van der Waals surface area contributed by atoms with Gasteiger partial charge in [-0.25, -0.2) is 14.4 Å². The Bertz CT molecular complexity index is 678. The van der Waals surface area contributed by atoms with E-state index >= 15 is 0 Å². The maximum Gasteiger partial charge on any atom is 0.337 e. The van der Waals surface area contributed by atoms with Crippen molar-refractivity contribution in [2.24, 2.45) is 0 Å². The van der Waals surface area contributed by atoms with E-state index in [1.54, 1.807) is 6.92 Å². The predicted molar refractivity (Wildman–Crippen MR) is 74.8 cm³/mol. The molecule has 110 valence electrons. The minimum absolute atomic E-state index is 0.0176. The Hall–Kier alpha value is -2.77. The first-order valence-electron chi connectivity index (χ1n) is 6.15. The fourth-order valence-electron chi connectivity index (χ4n) is 1.86. The summed E-state index contributed by atoms with van der Waals surface area (Å²) in [6.45, 7) is 2.22. The summed E-state index contributed by atoms with van der Waals surface area (Å²) in [6, 6.07) is 4.05. The number of aromatic nitrogens is 2. The largest absolute Gasteiger partial charge is 0.497 e. The number of nitrogens with one attached hydrogen (secondary N) is 1. The lowest BCUT2D eigenvalue weighted by Gasteiger charge is -2.08. The van der Waals surface area contributed by atoms with Crippen LogP contribution in [0.3, 0.4) is 0 Å². The summed E-state index contributed by atoms with van der Waals surface area (Å²) in [7, 11) is 1.41. The lowest BCUT2D eigenvalue weighted by Crippen LogP contribution is -2.06. The SMILES string of the molecule is CCNc1ncnc(-c2ccc(OC)cc2F)c1[N+](=O)[O-]. The van der Waals surface area contributed by atoms with Gasteiger partial charge >= 0.3 is 5.69 Å². The first-order chi connectivity index (χ1) is 10.1. The number of rotatable bonds is 5. The number of nitrogens with zero attached hydrogens (tertiary/aromatic N) is 3. The first-order valence-corrected chi connectivity index (χ1v) is 6.15. The minimum Gasteiger partial charge on any atom is -0.497 e. The lowest BCUT2D eigenvalue weighted by molar-refractivity contribution is -0.383. The summed E-state index contributed by atoms with van der Waals surface area (Å²) < 4.78 is 19.0. The zero-order valence-corrected chi connectivity index (χ0v) is 11.5. The Labute approximate surface area is 120 Å². The molecule has 7 nitrogen and oxygen atoms in total. The third-order valence-electron chi connectivity index (χ3n) is 2.78. The summed E-state index contributed by atoms with van der Waals surface area (Å²) >= 11 is 0. The topological polar surface area (TPSA) is 90.2 Å². The highest BCUT2D eigenvalue weighted by molar-refractivity contribution is 5.77. The molecule has 1 N–H and O–H groups in total. The predicted octanol–water partition coefficient (Wildman–Crippen LogP) is 2.63. The molecule has 0 saturated heterocycles. The number of hydrogen-bond acceptors (Lipinski definition) is 6. The van der Waals surface area contributed by atoms with E-state index < -0.39 is 10.7 Å². The second kappa shape index (κ2) is 6.12. The van der Waals surface area contributed by atoms with Gasteiger partial charge < -0.3 is 10.1 Å². The maximum absolute atomic E-state index is 14.1. The van der Waals surface area contributed by atoms with Crippen LogP contribution in [0, 0.1) is 15.9 Å². The van der Waals surface area contributed by atoms with Crippen molar-refractivity contribution in [3.63, 3.8) is 0 Å². The standard InChI is InChI=1S/C13H13FN4O3/c1-3-15-13-12(18(19)20)11(16-7-17-13)9-5-4-8(21-2)6-10(9)14/h4-7H,3H2,1-2H3,(H,15,16,17). The van der Waals surface area contributed by atoms with Crippen LogP contribution < -0.4 is 10.1 Å². The molecule has 0 radical (unpaired) electrons. The normalized spacial score (nSPS) is 10.2. The average molecular weight is 292 g/mol. The van der Waals surface area contributed by atoms with Crippen LogP contribution in [0.4, 0.5) is 15.9 Å². The molecule has 0 aliphatic heterocycles. The molecule has 1 aromatic carbocycles. The van der Waals surface area contributed by atoms with Crippen LogP contribution in [-0.4, -0.2) is 28.5 Å². The number of methoxy groups -OCH3 is 1. The smallest absolute Gasteiger partial charge is 0.337 e. The summed E-state index contributed by atoms with van der Waals surface area (Å²) in [4.78, 5) is 18.3. The van der Waals surface area contributed by atoms with Crippen LogP contribution >= 0.6 is 0 Å². The lowest BCUT2D eigenvalue weighted by atomic mass is 10.1. The molecule has 1 heterocycles. The fourth-order valence-corrected chi connectivity index (χ4v) is 1.86. The third kappa shape index (κ3) is 2.88. The van der Waals surface area contributed by atoms with Crippen LogP contribution in [0.1, 0.15) is 6.92 Å². The van der Waals surface area contributed by atoms with Gasteiger partial charge in [0, 0.05) is 18.2 Å². The number of halogens is 1.